The Morgan fingerprint density at radius 2 is 1.96 bits per heavy atom. The van der Waals surface area contributed by atoms with E-state index in [1.807, 2.05) is 19.9 Å². The number of phenols is 1. The number of rotatable bonds is 5. The number of methoxy groups -OCH3 is 1. The summed E-state index contributed by atoms with van der Waals surface area (Å²) >= 11 is 3.48. The minimum Gasteiger partial charge on any atom is -0.504 e. The van der Waals surface area contributed by atoms with Crippen molar-refractivity contribution in [1.82, 2.24) is 10.2 Å². The Hall–Kier alpha value is -0.530. The first-order chi connectivity index (χ1) is 10.4. The minimum absolute atomic E-state index is 0. The van der Waals surface area contributed by atoms with Gasteiger partial charge in [0.15, 0.2) is 11.5 Å². The monoisotopic (exact) mass is 408 g/mol. The van der Waals surface area contributed by atoms with Crippen LogP contribution in [0.15, 0.2) is 16.6 Å². The molecule has 0 radical (unpaired) electrons. The predicted molar refractivity (Wildman–Crippen MR) is 97.7 cm³/mol. The van der Waals surface area contributed by atoms with Crippen LogP contribution in [-0.4, -0.2) is 55.0 Å². The Morgan fingerprint density at radius 3 is 2.48 bits per heavy atom. The lowest BCUT2D eigenvalue weighted by atomic mass is 9.79. The molecule has 3 N–H and O–H groups in total. The summed E-state index contributed by atoms with van der Waals surface area (Å²) in [5.74, 6) is 0.592. The van der Waals surface area contributed by atoms with Gasteiger partial charge >= 0.3 is 0 Å². The number of aliphatic hydroxyl groups is 1. The lowest BCUT2D eigenvalue weighted by Gasteiger charge is -2.43. The number of phenolic OH excluding ortho intramolecular Hbond substituents is 1. The molecule has 23 heavy (non-hydrogen) atoms. The van der Waals surface area contributed by atoms with Crippen molar-refractivity contribution in [3.8, 4) is 11.5 Å². The second-order valence-corrected chi connectivity index (χ2v) is 7.30. The number of hydrogen-bond donors (Lipinski definition) is 3. The highest BCUT2D eigenvalue weighted by molar-refractivity contribution is 9.10. The quantitative estimate of drug-likeness (QED) is 0.697. The molecule has 0 aliphatic carbocycles. The van der Waals surface area contributed by atoms with E-state index in [0.29, 0.717) is 5.75 Å². The van der Waals surface area contributed by atoms with Crippen molar-refractivity contribution in [2.24, 2.45) is 5.41 Å². The molecule has 132 valence electrons. The zero-order valence-electron chi connectivity index (χ0n) is 13.8. The largest absolute Gasteiger partial charge is 0.504 e. The molecule has 1 fully saturated rings. The first kappa shape index (κ1) is 20.5. The van der Waals surface area contributed by atoms with Gasteiger partial charge in [0, 0.05) is 54.3 Å². The highest BCUT2D eigenvalue weighted by atomic mass is 79.9. The van der Waals surface area contributed by atoms with E-state index in [1.54, 1.807) is 13.2 Å². The number of aromatic hydroxyl groups is 1. The summed E-state index contributed by atoms with van der Waals surface area (Å²) in [6.45, 7) is 7.65. The third-order valence-corrected chi connectivity index (χ3v) is 4.71. The molecule has 0 aromatic heterocycles. The maximum Gasteiger partial charge on any atom is 0.162 e. The van der Waals surface area contributed by atoms with Crippen LogP contribution in [0.25, 0.3) is 0 Å². The van der Waals surface area contributed by atoms with Crippen molar-refractivity contribution in [2.75, 3.05) is 39.9 Å². The molecule has 1 aliphatic heterocycles. The number of aliphatic hydroxyl groups excluding tert-OH is 1. The summed E-state index contributed by atoms with van der Waals surface area (Å²) in [5.41, 5.74) is 0.396. The molecule has 1 aliphatic rings. The summed E-state index contributed by atoms with van der Waals surface area (Å²) in [4.78, 5) is 2.31. The summed E-state index contributed by atoms with van der Waals surface area (Å²) in [6, 6.07) is 3.58. The zero-order valence-corrected chi connectivity index (χ0v) is 16.2. The van der Waals surface area contributed by atoms with Crippen molar-refractivity contribution in [1.29, 1.82) is 0 Å². The van der Waals surface area contributed by atoms with E-state index in [0.717, 1.165) is 36.2 Å². The third-order valence-electron chi connectivity index (χ3n) is 4.25. The third kappa shape index (κ3) is 4.51. The molecule has 1 aromatic carbocycles. The second kappa shape index (κ2) is 8.53. The van der Waals surface area contributed by atoms with Crippen LogP contribution >= 0.6 is 28.3 Å². The molecule has 1 aromatic rings. The molecular weight excluding hydrogens is 384 g/mol. The van der Waals surface area contributed by atoms with E-state index < -0.39 is 0 Å². The first-order valence-electron chi connectivity index (χ1n) is 7.52. The molecule has 1 atom stereocenters. The van der Waals surface area contributed by atoms with Crippen molar-refractivity contribution >= 4 is 28.3 Å². The average molecular weight is 410 g/mol. The van der Waals surface area contributed by atoms with E-state index in [1.165, 1.54) is 0 Å². The summed E-state index contributed by atoms with van der Waals surface area (Å²) in [6.07, 6.45) is 0. The van der Waals surface area contributed by atoms with Gasteiger partial charge in [0.2, 0.25) is 0 Å². The van der Waals surface area contributed by atoms with E-state index in [2.05, 4.69) is 26.1 Å². The molecule has 0 unspecified atom stereocenters. The van der Waals surface area contributed by atoms with Crippen molar-refractivity contribution < 1.29 is 14.9 Å². The molecule has 0 saturated carbocycles. The molecular formula is C16H26BrClN2O3. The van der Waals surface area contributed by atoms with Gasteiger partial charge in [-0.15, -0.1) is 12.4 Å². The summed E-state index contributed by atoms with van der Waals surface area (Å²) in [7, 11) is 1.54. The Morgan fingerprint density at radius 1 is 1.35 bits per heavy atom. The maximum atomic E-state index is 10.6. The topological polar surface area (TPSA) is 65.0 Å². The summed E-state index contributed by atoms with van der Waals surface area (Å²) < 4.78 is 6.13. The van der Waals surface area contributed by atoms with Crippen LogP contribution in [0.1, 0.15) is 25.5 Å². The van der Waals surface area contributed by atoms with Gasteiger partial charge in [0.05, 0.1) is 7.11 Å². The minimum atomic E-state index is -0.388. The van der Waals surface area contributed by atoms with Crippen LogP contribution in [0.2, 0.25) is 0 Å². The van der Waals surface area contributed by atoms with E-state index in [4.69, 9.17) is 4.74 Å². The number of hydrogen-bond acceptors (Lipinski definition) is 5. The van der Waals surface area contributed by atoms with Crippen molar-refractivity contribution in [3.05, 3.63) is 22.2 Å². The lowest BCUT2D eigenvalue weighted by molar-refractivity contribution is 0.0291. The summed E-state index contributed by atoms with van der Waals surface area (Å²) in [5, 5.41) is 23.8. The molecule has 0 bridgehead atoms. The number of nitrogens with one attached hydrogen (secondary N) is 1. The fourth-order valence-corrected chi connectivity index (χ4v) is 3.55. The van der Waals surface area contributed by atoms with Gasteiger partial charge in [-0.05, 0) is 12.1 Å². The normalized spacial score (nSPS) is 17.4. The van der Waals surface area contributed by atoms with E-state index in [9.17, 15) is 10.2 Å². The molecule has 1 saturated heterocycles. The van der Waals surface area contributed by atoms with Crippen LogP contribution in [0, 0.1) is 5.41 Å². The zero-order chi connectivity index (χ0) is 16.3. The molecule has 1 heterocycles. The van der Waals surface area contributed by atoms with Gasteiger partial charge in [-0.25, -0.2) is 0 Å². The Balaban J connectivity index is 0.00000264. The SMILES string of the molecule is COc1cc(Br)cc([C@H](N2CCNCC2)C(C)(C)CO)c1O.Cl. The van der Waals surface area contributed by atoms with E-state index in [-0.39, 0.29) is 36.2 Å². The number of benzene rings is 1. The molecule has 0 amide bonds. The van der Waals surface area contributed by atoms with Gasteiger partial charge in [-0.2, -0.15) is 0 Å². The van der Waals surface area contributed by atoms with Gasteiger partial charge in [0.25, 0.3) is 0 Å². The average Bonchev–Trinajstić information content (AvgIpc) is 2.51. The fraction of sp³-hybridized carbons (Fsp3) is 0.625. The van der Waals surface area contributed by atoms with Crippen LogP contribution < -0.4 is 10.1 Å². The van der Waals surface area contributed by atoms with Gasteiger partial charge in [0.1, 0.15) is 0 Å². The van der Waals surface area contributed by atoms with Crippen LogP contribution in [0.3, 0.4) is 0 Å². The predicted octanol–water partition coefficient (Wildman–Crippen LogP) is 2.55. The smallest absolute Gasteiger partial charge is 0.162 e. The standard InChI is InChI=1S/C16H25BrN2O3.ClH/c1-16(2,10-20)15(19-6-4-18-5-7-19)12-8-11(17)9-13(22-3)14(12)21;/h8-9,15,18,20-21H,4-7,10H2,1-3H3;1H/t15-;/m0./s1. The van der Waals surface area contributed by atoms with Crippen molar-refractivity contribution in [2.45, 2.75) is 19.9 Å². The Kier molecular flexibility index (Phi) is 7.61. The number of halogens is 2. The molecule has 5 nitrogen and oxygen atoms in total. The highest BCUT2D eigenvalue weighted by Crippen LogP contribution is 2.46. The maximum absolute atomic E-state index is 10.6. The van der Waals surface area contributed by atoms with E-state index >= 15 is 0 Å². The van der Waals surface area contributed by atoms with Crippen molar-refractivity contribution in [3.63, 3.8) is 0 Å². The number of piperazine rings is 1. The Labute approximate surface area is 152 Å². The van der Waals surface area contributed by atoms with Gasteiger partial charge in [-0.3, -0.25) is 4.90 Å². The van der Waals surface area contributed by atoms with Crippen LogP contribution in [0.5, 0.6) is 11.5 Å². The highest BCUT2D eigenvalue weighted by Gasteiger charge is 2.38. The van der Waals surface area contributed by atoms with Gasteiger partial charge in [-0.1, -0.05) is 29.8 Å². The lowest BCUT2D eigenvalue weighted by Crippen LogP contribution is -2.49. The molecule has 0 spiro atoms. The number of nitrogens with zero attached hydrogens (tertiary/aromatic N) is 1. The van der Waals surface area contributed by atoms with Crippen LogP contribution in [-0.2, 0) is 0 Å². The fourth-order valence-electron chi connectivity index (χ4n) is 3.10. The molecule has 7 heteroatoms. The van der Waals surface area contributed by atoms with Crippen LogP contribution in [0.4, 0.5) is 0 Å². The van der Waals surface area contributed by atoms with Gasteiger partial charge < -0.3 is 20.3 Å². The Bertz CT molecular complexity index is 522. The first-order valence-corrected chi connectivity index (χ1v) is 8.32. The molecule has 2 rings (SSSR count). The second-order valence-electron chi connectivity index (χ2n) is 6.38. The number of ether oxygens (including phenoxy) is 1.